The number of benzene rings is 1. The number of carbonyl (C=O) groups is 2. The molecule has 5 nitrogen and oxygen atoms in total. The lowest BCUT2D eigenvalue weighted by Crippen LogP contribution is -2.51. The Balaban J connectivity index is 1.96. The van der Waals surface area contributed by atoms with E-state index in [1.165, 1.54) is 11.6 Å². The Morgan fingerprint density at radius 1 is 1.08 bits per heavy atom. The van der Waals surface area contributed by atoms with E-state index < -0.39 is 11.8 Å². The fourth-order valence-electron chi connectivity index (χ4n) is 2.29. The van der Waals surface area contributed by atoms with Gasteiger partial charge >= 0.3 is 0 Å². The maximum absolute atomic E-state index is 11.9. The molecule has 0 aliphatic carbocycles. The third-order valence-electron chi connectivity index (χ3n) is 3.71. The van der Waals surface area contributed by atoms with E-state index in [4.69, 9.17) is 16.6 Å². The predicted molar refractivity (Wildman–Crippen MR) is 98.2 cm³/mol. The standard InChI is InChI=1S/C17H13BrN2O3S/c1-8-5-11(13(18)6-9(8)2)14-4-3-10(23-14)7-12-15(21)19-17(24)20-16(12)22/h3-7H,1-2H3,(H2,19,20,21,22,24). The normalized spacial score (nSPS) is 14.5. The van der Waals surface area contributed by atoms with Gasteiger partial charge < -0.3 is 4.42 Å². The highest BCUT2D eigenvalue weighted by Gasteiger charge is 2.26. The summed E-state index contributed by atoms with van der Waals surface area (Å²) in [5.41, 5.74) is 3.17. The first-order chi connectivity index (χ1) is 11.3. The lowest BCUT2D eigenvalue weighted by Gasteiger charge is -2.15. The zero-order valence-electron chi connectivity index (χ0n) is 12.9. The number of halogens is 1. The molecule has 2 aromatic rings. The van der Waals surface area contributed by atoms with Crippen LogP contribution >= 0.6 is 28.1 Å². The van der Waals surface area contributed by atoms with E-state index in [9.17, 15) is 9.59 Å². The van der Waals surface area contributed by atoms with Gasteiger partial charge in [-0.3, -0.25) is 20.2 Å². The molecule has 7 heteroatoms. The van der Waals surface area contributed by atoms with Crippen molar-refractivity contribution < 1.29 is 14.0 Å². The molecule has 0 atom stereocenters. The Morgan fingerprint density at radius 3 is 2.38 bits per heavy atom. The Hall–Kier alpha value is -2.25. The number of nitrogens with one attached hydrogen (secondary N) is 2. The Morgan fingerprint density at radius 2 is 1.71 bits per heavy atom. The predicted octanol–water partition coefficient (Wildman–Crippen LogP) is 3.24. The SMILES string of the molecule is Cc1cc(Br)c(-c2ccc(C=C3C(=O)NC(=S)NC3=O)o2)cc1C. The lowest BCUT2D eigenvalue weighted by molar-refractivity contribution is -0.123. The fraction of sp³-hybridized carbons (Fsp3) is 0.118. The van der Waals surface area contributed by atoms with Crippen LogP contribution in [0.2, 0.25) is 0 Å². The van der Waals surface area contributed by atoms with Crippen LogP contribution < -0.4 is 10.6 Å². The van der Waals surface area contributed by atoms with E-state index >= 15 is 0 Å². The van der Waals surface area contributed by atoms with E-state index in [2.05, 4.69) is 26.6 Å². The molecule has 122 valence electrons. The maximum Gasteiger partial charge on any atom is 0.263 e. The molecule has 1 saturated heterocycles. The highest BCUT2D eigenvalue weighted by atomic mass is 79.9. The summed E-state index contributed by atoms with van der Waals surface area (Å²) in [5, 5.41) is 4.77. The van der Waals surface area contributed by atoms with Crippen molar-refractivity contribution >= 4 is 51.2 Å². The quantitative estimate of drug-likeness (QED) is 0.457. The second kappa shape index (κ2) is 6.33. The molecule has 0 radical (unpaired) electrons. The van der Waals surface area contributed by atoms with E-state index in [1.807, 2.05) is 26.0 Å². The molecule has 2 heterocycles. The Kier molecular flexibility index (Phi) is 4.38. The molecule has 1 aromatic carbocycles. The monoisotopic (exact) mass is 404 g/mol. The van der Waals surface area contributed by atoms with Gasteiger partial charge in [0.2, 0.25) is 0 Å². The summed E-state index contributed by atoms with van der Waals surface area (Å²) >= 11 is 8.30. The molecule has 3 rings (SSSR count). The highest BCUT2D eigenvalue weighted by Crippen LogP contribution is 2.32. The average Bonchev–Trinajstić information content (AvgIpc) is 2.95. The van der Waals surface area contributed by atoms with Crippen molar-refractivity contribution in [3.63, 3.8) is 0 Å². The van der Waals surface area contributed by atoms with Crippen molar-refractivity contribution in [2.24, 2.45) is 0 Å². The van der Waals surface area contributed by atoms with Gasteiger partial charge in [-0.15, -0.1) is 0 Å². The molecule has 2 amide bonds. The van der Waals surface area contributed by atoms with Crippen molar-refractivity contribution in [1.29, 1.82) is 0 Å². The van der Waals surface area contributed by atoms with Crippen molar-refractivity contribution in [3.05, 3.63) is 51.2 Å². The fourth-order valence-corrected chi connectivity index (χ4v) is 3.13. The summed E-state index contributed by atoms with van der Waals surface area (Å²) in [6, 6.07) is 7.55. The summed E-state index contributed by atoms with van der Waals surface area (Å²) in [4.78, 5) is 23.7. The second-order valence-electron chi connectivity index (χ2n) is 5.41. The first-order valence-corrected chi connectivity index (χ1v) is 8.30. The van der Waals surface area contributed by atoms with E-state index in [0.29, 0.717) is 11.5 Å². The maximum atomic E-state index is 11.9. The van der Waals surface area contributed by atoms with Gasteiger partial charge in [0, 0.05) is 10.0 Å². The number of carbonyl (C=O) groups excluding carboxylic acids is 2. The van der Waals surface area contributed by atoms with Gasteiger partial charge in [0.05, 0.1) is 0 Å². The third kappa shape index (κ3) is 3.18. The zero-order chi connectivity index (χ0) is 17.4. The first kappa shape index (κ1) is 16.6. The summed E-state index contributed by atoms with van der Waals surface area (Å²) < 4.78 is 6.69. The van der Waals surface area contributed by atoms with Crippen LogP contribution in [0.15, 0.2) is 38.7 Å². The van der Waals surface area contributed by atoms with Gasteiger partial charge in [-0.05, 0) is 67.5 Å². The topological polar surface area (TPSA) is 71.3 Å². The van der Waals surface area contributed by atoms with Gasteiger partial charge in [0.1, 0.15) is 17.1 Å². The Labute approximate surface area is 152 Å². The van der Waals surface area contributed by atoms with Crippen LogP contribution in [0.1, 0.15) is 16.9 Å². The average molecular weight is 405 g/mol. The summed E-state index contributed by atoms with van der Waals surface area (Å²) in [5.74, 6) is -0.0460. The van der Waals surface area contributed by atoms with Gasteiger partial charge in [-0.1, -0.05) is 15.9 Å². The van der Waals surface area contributed by atoms with Crippen LogP contribution in [0.3, 0.4) is 0 Å². The van der Waals surface area contributed by atoms with Crippen LogP contribution in [0.4, 0.5) is 0 Å². The van der Waals surface area contributed by atoms with Crippen molar-refractivity contribution in [2.45, 2.75) is 13.8 Å². The minimum atomic E-state index is -0.547. The number of aryl methyl sites for hydroxylation is 2. The van der Waals surface area contributed by atoms with Crippen LogP contribution in [-0.2, 0) is 9.59 Å². The van der Waals surface area contributed by atoms with Gasteiger partial charge in [0.15, 0.2) is 5.11 Å². The molecule has 0 spiro atoms. The van der Waals surface area contributed by atoms with Crippen LogP contribution in [0.25, 0.3) is 17.4 Å². The molecular formula is C17H13BrN2O3S. The molecule has 2 N–H and O–H groups in total. The minimum absolute atomic E-state index is 0.00125. The third-order valence-corrected chi connectivity index (χ3v) is 4.57. The van der Waals surface area contributed by atoms with Crippen LogP contribution in [0.5, 0.6) is 0 Å². The smallest absolute Gasteiger partial charge is 0.263 e. The molecule has 24 heavy (non-hydrogen) atoms. The number of rotatable bonds is 2. The van der Waals surface area contributed by atoms with Crippen molar-refractivity contribution in [2.75, 3.05) is 0 Å². The van der Waals surface area contributed by atoms with Gasteiger partial charge in [-0.2, -0.15) is 0 Å². The van der Waals surface area contributed by atoms with Crippen molar-refractivity contribution in [1.82, 2.24) is 10.6 Å². The Bertz CT molecular complexity index is 893. The van der Waals surface area contributed by atoms with Crippen molar-refractivity contribution in [3.8, 4) is 11.3 Å². The van der Waals surface area contributed by atoms with Gasteiger partial charge in [0.25, 0.3) is 11.8 Å². The number of amides is 2. The summed E-state index contributed by atoms with van der Waals surface area (Å²) in [6.45, 7) is 4.06. The molecule has 0 unspecified atom stereocenters. The molecule has 0 saturated carbocycles. The van der Waals surface area contributed by atoms with Crippen LogP contribution in [0, 0.1) is 13.8 Å². The number of hydrogen-bond donors (Lipinski definition) is 2. The minimum Gasteiger partial charge on any atom is -0.457 e. The van der Waals surface area contributed by atoms with E-state index in [-0.39, 0.29) is 10.7 Å². The van der Waals surface area contributed by atoms with Gasteiger partial charge in [-0.25, -0.2) is 0 Å². The molecule has 0 bridgehead atoms. The largest absolute Gasteiger partial charge is 0.457 e. The number of thiocarbonyl (C=S) groups is 1. The molecule has 1 fully saturated rings. The first-order valence-electron chi connectivity index (χ1n) is 7.10. The van der Waals surface area contributed by atoms with Crippen LogP contribution in [-0.4, -0.2) is 16.9 Å². The highest BCUT2D eigenvalue weighted by molar-refractivity contribution is 9.10. The molecule has 1 aliphatic rings. The zero-order valence-corrected chi connectivity index (χ0v) is 15.3. The molecule has 1 aliphatic heterocycles. The molecular weight excluding hydrogens is 392 g/mol. The lowest BCUT2D eigenvalue weighted by atomic mass is 10.1. The van der Waals surface area contributed by atoms with E-state index in [1.54, 1.807) is 12.1 Å². The number of hydrogen-bond acceptors (Lipinski definition) is 4. The number of furan rings is 1. The summed E-state index contributed by atoms with van der Waals surface area (Å²) in [7, 11) is 0. The molecule has 1 aromatic heterocycles. The second-order valence-corrected chi connectivity index (χ2v) is 6.68. The van der Waals surface area contributed by atoms with E-state index in [0.717, 1.165) is 15.6 Å². The summed E-state index contributed by atoms with van der Waals surface area (Å²) in [6.07, 6.45) is 1.39.